The third-order valence-corrected chi connectivity index (χ3v) is 10.5. The van der Waals surface area contributed by atoms with Crippen LogP contribution in [0.15, 0.2) is 12.2 Å². The molecule has 4 bridgehead atoms. The summed E-state index contributed by atoms with van der Waals surface area (Å²) in [6, 6.07) is 0. The molecule has 0 aromatic heterocycles. The third-order valence-electron chi connectivity index (χ3n) is 10.5. The van der Waals surface area contributed by atoms with Gasteiger partial charge in [0.25, 0.3) is 0 Å². The van der Waals surface area contributed by atoms with Gasteiger partial charge in [-0.1, -0.05) is 65.5 Å². The molecule has 6 aliphatic rings. The molecule has 0 aromatic rings. The van der Waals surface area contributed by atoms with Crippen molar-refractivity contribution in [3.05, 3.63) is 12.2 Å². The van der Waals surface area contributed by atoms with E-state index in [4.69, 9.17) is 0 Å². The van der Waals surface area contributed by atoms with Crippen LogP contribution >= 0.6 is 0 Å². The SMILES string of the molecule is CC.CCC1CCCC2C3CC(C12)C1C3CC2C3C=CC(C3)C2C1CC. The summed E-state index contributed by atoms with van der Waals surface area (Å²) in [7, 11) is 0. The first-order valence-corrected chi connectivity index (χ1v) is 12.5. The fraction of sp³-hybridized carbons (Fsp3) is 0.923. The molecular weight excluding hydrogens is 312 g/mol. The molecule has 0 amide bonds. The van der Waals surface area contributed by atoms with Gasteiger partial charge in [-0.3, -0.25) is 0 Å². The molecule has 146 valence electrons. The lowest BCUT2D eigenvalue weighted by Gasteiger charge is -2.55. The van der Waals surface area contributed by atoms with Crippen molar-refractivity contribution >= 4 is 0 Å². The minimum absolute atomic E-state index is 0.981. The summed E-state index contributed by atoms with van der Waals surface area (Å²) in [5.41, 5.74) is 0. The Bertz CT molecular complexity index is 546. The molecule has 6 aliphatic carbocycles. The van der Waals surface area contributed by atoms with Crippen molar-refractivity contribution < 1.29 is 0 Å². The van der Waals surface area contributed by atoms with E-state index in [2.05, 4.69) is 26.0 Å². The Labute approximate surface area is 162 Å². The summed E-state index contributed by atoms with van der Waals surface area (Å²) >= 11 is 0. The molecule has 12 atom stereocenters. The van der Waals surface area contributed by atoms with Crippen LogP contribution in [0, 0.1) is 71.0 Å². The van der Waals surface area contributed by atoms with Gasteiger partial charge in [0.2, 0.25) is 0 Å². The molecule has 0 radical (unpaired) electrons. The molecule has 6 rings (SSSR count). The Kier molecular flexibility index (Phi) is 4.57. The van der Waals surface area contributed by atoms with Gasteiger partial charge in [-0.15, -0.1) is 0 Å². The molecule has 0 aromatic carbocycles. The number of allylic oxidation sites excluding steroid dienone is 2. The van der Waals surface area contributed by atoms with Crippen molar-refractivity contribution in [2.45, 2.75) is 79.1 Å². The van der Waals surface area contributed by atoms with Gasteiger partial charge in [-0.2, -0.15) is 0 Å². The fourth-order valence-electron chi connectivity index (χ4n) is 10.2. The van der Waals surface area contributed by atoms with Gasteiger partial charge in [-0.05, 0) is 96.7 Å². The lowest BCUT2D eigenvalue weighted by atomic mass is 9.50. The largest absolute Gasteiger partial charge is 0.0848 e. The van der Waals surface area contributed by atoms with Crippen molar-refractivity contribution in [1.29, 1.82) is 0 Å². The summed E-state index contributed by atoms with van der Waals surface area (Å²) in [5, 5.41) is 0. The van der Waals surface area contributed by atoms with Crippen LogP contribution in [0.2, 0.25) is 0 Å². The molecular formula is C26H42. The number of hydrogen-bond acceptors (Lipinski definition) is 0. The highest BCUT2D eigenvalue weighted by atomic mass is 14.7. The molecule has 0 N–H and O–H groups in total. The van der Waals surface area contributed by atoms with Crippen molar-refractivity contribution in [3.8, 4) is 0 Å². The first kappa shape index (κ1) is 17.8. The average molecular weight is 355 g/mol. The Hall–Kier alpha value is -0.260. The molecule has 0 heteroatoms. The lowest BCUT2D eigenvalue weighted by Crippen LogP contribution is -2.50. The number of fused-ring (bicyclic) bond motifs is 13. The molecule has 0 saturated heterocycles. The van der Waals surface area contributed by atoms with Gasteiger partial charge in [0.15, 0.2) is 0 Å². The average Bonchev–Trinajstić information content (AvgIpc) is 3.46. The smallest absolute Gasteiger partial charge is 0.0194 e. The zero-order chi connectivity index (χ0) is 18.0. The van der Waals surface area contributed by atoms with Crippen LogP contribution in [0.4, 0.5) is 0 Å². The second-order valence-corrected chi connectivity index (χ2v) is 10.6. The summed E-state index contributed by atoms with van der Waals surface area (Å²) in [5.74, 6) is 13.2. The van der Waals surface area contributed by atoms with Gasteiger partial charge in [0.05, 0.1) is 0 Å². The van der Waals surface area contributed by atoms with Crippen LogP contribution in [0.5, 0.6) is 0 Å². The van der Waals surface area contributed by atoms with Crippen LogP contribution in [-0.4, -0.2) is 0 Å². The molecule has 26 heavy (non-hydrogen) atoms. The molecule has 0 nitrogen and oxygen atoms in total. The van der Waals surface area contributed by atoms with E-state index >= 15 is 0 Å². The third kappa shape index (κ3) is 2.20. The molecule has 0 spiro atoms. The minimum Gasteiger partial charge on any atom is -0.0848 e. The Morgan fingerprint density at radius 2 is 1.42 bits per heavy atom. The first-order valence-electron chi connectivity index (χ1n) is 12.5. The topological polar surface area (TPSA) is 0 Å². The normalized spacial score (nSPS) is 58.0. The van der Waals surface area contributed by atoms with E-state index in [1.54, 1.807) is 32.1 Å². The second-order valence-electron chi connectivity index (χ2n) is 10.6. The zero-order valence-electron chi connectivity index (χ0n) is 17.7. The first-order chi connectivity index (χ1) is 12.8. The van der Waals surface area contributed by atoms with Crippen molar-refractivity contribution in [2.75, 3.05) is 0 Å². The predicted octanol–water partition coefficient (Wildman–Crippen LogP) is 7.21. The molecule has 12 unspecified atom stereocenters. The van der Waals surface area contributed by atoms with Crippen LogP contribution in [0.3, 0.4) is 0 Å². The standard InChI is InChI=1S/C24H36.C2H6/c1-3-13-6-5-7-17-19-12-21(22(13)17)24-16(4-2)23-15-9-8-14(10-15)18(23)11-20(19)24;1-2/h8-9,13-24H,3-7,10-12H2,1-2H3;1-2H3. The van der Waals surface area contributed by atoms with Crippen LogP contribution < -0.4 is 0 Å². The van der Waals surface area contributed by atoms with E-state index in [9.17, 15) is 0 Å². The van der Waals surface area contributed by atoms with Crippen LogP contribution in [0.1, 0.15) is 79.1 Å². The molecule has 0 heterocycles. The molecule has 5 fully saturated rings. The highest BCUT2D eigenvalue weighted by molar-refractivity contribution is 5.20. The maximum absolute atomic E-state index is 2.64. The van der Waals surface area contributed by atoms with Crippen LogP contribution in [-0.2, 0) is 0 Å². The van der Waals surface area contributed by atoms with Gasteiger partial charge < -0.3 is 0 Å². The summed E-state index contributed by atoms with van der Waals surface area (Å²) < 4.78 is 0. The van der Waals surface area contributed by atoms with Crippen molar-refractivity contribution in [1.82, 2.24) is 0 Å². The highest BCUT2D eigenvalue weighted by Gasteiger charge is 2.65. The number of rotatable bonds is 2. The Balaban J connectivity index is 0.000000727. The Morgan fingerprint density at radius 1 is 0.654 bits per heavy atom. The van der Waals surface area contributed by atoms with E-state index in [0.29, 0.717) is 0 Å². The van der Waals surface area contributed by atoms with E-state index in [1.807, 2.05) is 13.8 Å². The van der Waals surface area contributed by atoms with Gasteiger partial charge >= 0.3 is 0 Å². The Morgan fingerprint density at radius 3 is 2.19 bits per heavy atom. The van der Waals surface area contributed by atoms with Crippen molar-refractivity contribution in [2.24, 2.45) is 71.0 Å². The van der Waals surface area contributed by atoms with Gasteiger partial charge in [0.1, 0.15) is 0 Å². The summed E-state index contributed by atoms with van der Waals surface area (Å²) in [4.78, 5) is 0. The minimum atomic E-state index is 0.981. The quantitative estimate of drug-likeness (QED) is 0.460. The van der Waals surface area contributed by atoms with E-state index in [1.165, 1.54) is 19.3 Å². The maximum Gasteiger partial charge on any atom is -0.0194 e. The molecule has 0 aliphatic heterocycles. The van der Waals surface area contributed by atoms with Crippen LogP contribution in [0.25, 0.3) is 0 Å². The van der Waals surface area contributed by atoms with E-state index in [0.717, 1.165) is 71.0 Å². The maximum atomic E-state index is 2.64. The second kappa shape index (κ2) is 6.66. The van der Waals surface area contributed by atoms with Gasteiger partial charge in [-0.25, -0.2) is 0 Å². The summed E-state index contributed by atoms with van der Waals surface area (Å²) in [6.07, 6.45) is 17.8. The fourth-order valence-corrected chi connectivity index (χ4v) is 10.2. The van der Waals surface area contributed by atoms with Gasteiger partial charge in [0, 0.05) is 0 Å². The van der Waals surface area contributed by atoms with E-state index in [-0.39, 0.29) is 0 Å². The van der Waals surface area contributed by atoms with Crippen molar-refractivity contribution in [3.63, 3.8) is 0 Å². The molecule has 5 saturated carbocycles. The van der Waals surface area contributed by atoms with E-state index < -0.39 is 0 Å². The highest BCUT2D eigenvalue weighted by Crippen LogP contribution is 2.72. The number of hydrogen-bond donors (Lipinski definition) is 0. The predicted molar refractivity (Wildman–Crippen MR) is 111 cm³/mol. The monoisotopic (exact) mass is 354 g/mol. The summed E-state index contributed by atoms with van der Waals surface area (Å²) in [6.45, 7) is 9.03. The zero-order valence-corrected chi connectivity index (χ0v) is 17.7. The lowest BCUT2D eigenvalue weighted by molar-refractivity contribution is -0.0662.